The topological polar surface area (TPSA) is 125 Å². The molecule has 11 heteroatoms. The molecule has 2 aromatic carbocycles. The molecule has 0 fully saturated rings. The van der Waals surface area contributed by atoms with Gasteiger partial charge < -0.3 is 20.9 Å². The highest BCUT2D eigenvalue weighted by atomic mass is 19.2. The number of aromatic nitrogens is 4. The summed E-state index contributed by atoms with van der Waals surface area (Å²) >= 11 is 0. The summed E-state index contributed by atoms with van der Waals surface area (Å²) in [5, 5.41) is 8.35. The van der Waals surface area contributed by atoms with Gasteiger partial charge in [0.2, 0.25) is 0 Å². The Morgan fingerprint density at radius 3 is 2.73 bits per heavy atom. The Morgan fingerprint density at radius 2 is 1.92 bits per heavy atom. The molecule has 5 rings (SSSR count). The molecule has 0 saturated heterocycles. The zero-order valence-corrected chi connectivity index (χ0v) is 19.1. The van der Waals surface area contributed by atoms with Gasteiger partial charge in [-0.05, 0) is 29.8 Å². The van der Waals surface area contributed by atoms with E-state index in [9.17, 15) is 18.4 Å². The minimum atomic E-state index is -1.00. The van der Waals surface area contributed by atoms with E-state index >= 15 is 0 Å². The number of amides is 2. The summed E-state index contributed by atoms with van der Waals surface area (Å²) in [7, 11) is 0. The van der Waals surface area contributed by atoms with Crippen LogP contribution in [-0.2, 0) is 4.79 Å². The first-order valence-corrected chi connectivity index (χ1v) is 11.1. The second-order valence-corrected chi connectivity index (χ2v) is 7.98. The lowest BCUT2D eigenvalue weighted by Gasteiger charge is -2.07. The first kappa shape index (κ1) is 23.5. The molecule has 1 aliphatic heterocycles. The Morgan fingerprint density at radius 1 is 1.03 bits per heavy atom. The minimum Gasteiger partial charge on any atom is -0.347 e. The summed E-state index contributed by atoms with van der Waals surface area (Å²) in [4.78, 5) is 39.9. The molecular formula is C26H19F2N7O2. The van der Waals surface area contributed by atoms with Crippen molar-refractivity contribution in [1.29, 1.82) is 0 Å². The van der Waals surface area contributed by atoms with E-state index in [1.807, 2.05) is 24.3 Å². The van der Waals surface area contributed by atoms with Crippen LogP contribution >= 0.6 is 0 Å². The van der Waals surface area contributed by atoms with E-state index in [1.165, 1.54) is 18.5 Å². The highest BCUT2D eigenvalue weighted by molar-refractivity contribution is 6.34. The summed E-state index contributed by atoms with van der Waals surface area (Å²) in [6.07, 6.45) is 11.2. The van der Waals surface area contributed by atoms with Crippen LogP contribution in [0.25, 0.3) is 17.7 Å². The molecule has 9 nitrogen and oxygen atoms in total. The van der Waals surface area contributed by atoms with Crippen molar-refractivity contribution in [2.75, 3.05) is 17.2 Å². The number of aromatic amines is 1. The summed E-state index contributed by atoms with van der Waals surface area (Å²) in [6, 6.07) is 8.89. The number of imidazole rings is 1. The predicted molar refractivity (Wildman–Crippen MR) is 135 cm³/mol. The number of nitrogens with zero attached hydrogens (tertiary/aromatic N) is 3. The molecule has 0 radical (unpaired) electrons. The van der Waals surface area contributed by atoms with Gasteiger partial charge in [-0.2, -0.15) is 0 Å². The molecule has 184 valence electrons. The van der Waals surface area contributed by atoms with E-state index in [0.717, 1.165) is 29.0 Å². The first-order chi connectivity index (χ1) is 18.0. The number of nitrogens with one attached hydrogen (secondary N) is 4. The highest BCUT2D eigenvalue weighted by Gasteiger charge is 2.24. The summed E-state index contributed by atoms with van der Waals surface area (Å²) in [5.41, 5.74) is 3.93. The SMILES string of the molecule is O=C1Nc2cc(/C=C/CNC(=O)c3cncc(Nc4ccc(F)c(F)c4)n3)ccc2C1=Cc1cnc[nH]1. The summed E-state index contributed by atoms with van der Waals surface area (Å²) in [6.45, 7) is 0.218. The van der Waals surface area contributed by atoms with E-state index in [1.54, 1.807) is 24.7 Å². The van der Waals surface area contributed by atoms with Gasteiger partial charge in [0.15, 0.2) is 11.6 Å². The molecule has 37 heavy (non-hydrogen) atoms. The van der Waals surface area contributed by atoms with E-state index in [0.29, 0.717) is 11.3 Å². The second-order valence-electron chi connectivity index (χ2n) is 7.98. The molecule has 1 aliphatic rings. The smallest absolute Gasteiger partial charge is 0.271 e. The molecule has 0 unspecified atom stereocenters. The van der Waals surface area contributed by atoms with Gasteiger partial charge >= 0.3 is 0 Å². The third-order valence-electron chi connectivity index (χ3n) is 5.40. The number of hydrogen-bond donors (Lipinski definition) is 4. The Bertz CT molecular complexity index is 1550. The molecule has 2 amide bonds. The van der Waals surface area contributed by atoms with Crippen molar-refractivity contribution < 1.29 is 18.4 Å². The molecule has 0 atom stereocenters. The molecule has 0 aliphatic carbocycles. The van der Waals surface area contributed by atoms with Gasteiger partial charge in [-0.3, -0.25) is 14.6 Å². The Kier molecular flexibility index (Phi) is 6.49. The van der Waals surface area contributed by atoms with Crippen LogP contribution in [0.1, 0.15) is 27.3 Å². The Hall–Kier alpha value is -5.19. The van der Waals surface area contributed by atoms with Gasteiger partial charge in [-0.1, -0.05) is 24.3 Å². The van der Waals surface area contributed by atoms with Gasteiger partial charge in [0.05, 0.1) is 36.2 Å². The monoisotopic (exact) mass is 499 g/mol. The molecule has 0 bridgehead atoms. The summed E-state index contributed by atoms with van der Waals surface area (Å²) < 4.78 is 26.5. The number of carbonyl (C=O) groups excluding carboxylic acids is 2. The maximum Gasteiger partial charge on any atom is 0.271 e. The van der Waals surface area contributed by atoms with Crippen LogP contribution in [0.2, 0.25) is 0 Å². The normalized spacial score (nSPS) is 13.6. The van der Waals surface area contributed by atoms with Crippen molar-refractivity contribution in [2.24, 2.45) is 0 Å². The second kappa shape index (κ2) is 10.2. The van der Waals surface area contributed by atoms with E-state index in [4.69, 9.17) is 0 Å². The Labute approximate surface area is 209 Å². The number of H-pyrrole nitrogens is 1. The summed E-state index contributed by atoms with van der Waals surface area (Å²) in [5.74, 6) is -2.42. The van der Waals surface area contributed by atoms with Crippen LogP contribution in [0, 0.1) is 11.6 Å². The van der Waals surface area contributed by atoms with Crippen molar-refractivity contribution in [1.82, 2.24) is 25.3 Å². The van der Waals surface area contributed by atoms with Crippen LogP contribution in [0.4, 0.5) is 26.0 Å². The minimum absolute atomic E-state index is 0.0535. The molecule has 4 N–H and O–H groups in total. The fraction of sp³-hybridized carbons (Fsp3) is 0.0385. The van der Waals surface area contributed by atoms with Crippen LogP contribution in [0.15, 0.2) is 67.4 Å². The zero-order valence-electron chi connectivity index (χ0n) is 19.1. The van der Waals surface area contributed by atoms with Gasteiger partial charge in [0.25, 0.3) is 11.8 Å². The number of anilines is 3. The van der Waals surface area contributed by atoms with Crippen molar-refractivity contribution >= 4 is 46.7 Å². The maximum absolute atomic E-state index is 13.4. The van der Waals surface area contributed by atoms with Crippen LogP contribution in [0.3, 0.4) is 0 Å². The van der Waals surface area contributed by atoms with E-state index < -0.39 is 17.5 Å². The predicted octanol–water partition coefficient (Wildman–Crippen LogP) is 4.16. The lowest BCUT2D eigenvalue weighted by atomic mass is 10.0. The molecular weight excluding hydrogens is 480 g/mol. The third-order valence-corrected chi connectivity index (χ3v) is 5.40. The lowest BCUT2D eigenvalue weighted by Crippen LogP contribution is -2.24. The van der Waals surface area contributed by atoms with Gasteiger partial charge in [0.1, 0.15) is 11.5 Å². The Balaban J connectivity index is 1.19. The highest BCUT2D eigenvalue weighted by Crippen LogP contribution is 2.33. The quantitative estimate of drug-likeness (QED) is 0.283. The van der Waals surface area contributed by atoms with Gasteiger partial charge in [-0.25, -0.2) is 18.7 Å². The van der Waals surface area contributed by atoms with Crippen LogP contribution < -0.4 is 16.0 Å². The number of hydrogen-bond acceptors (Lipinski definition) is 6. The van der Waals surface area contributed by atoms with Crippen molar-refractivity contribution in [3.63, 3.8) is 0 Å². The number of halogens is 2. The number of benzene rings is 2. The maximum atomic E-state index is 13.4. The van der Waals surface area contributed by atoms with Crippen LogP contribution in [0.5, 0.6) is 0 Å². The van der Waals surface area contributed by atoms with E-state index in [2.05, 4.69) is 35.9 Å². The van der Waals surface area contributed by atoms with Gasteiger partial charge in [0, 0.05) is 29.5 Å². The lowest BCUT2D eigenvalue weighted by molar-refractivity contribution is -0.110. The number of carbonyl (C=O) groups is 2. The average molecular weight is 499 g/mol. The van der Waals surface area contributed by atoms with E-state index in [-0.39, 0.29) is 29.7 Å². The fourth-order valence-corrected chi connectivity index (χ4v) is 3.65. The average Bonchev–Trinajstić information content (AvgIpc) is 3.52. The third kappa shape index (κ3) is 5.40. The van der Waals surface area contributed by atoms with Crippen molar-refractivity contribution in [3.8, 4) is 0 Å². The van der Waals surface area contributed by atoms with Crippen LogP contribution in [-0.4, -0.2) is 38.3 Å². The van der Waals surface area contributed by atoms with Crippen molar-refractivity contribution in [2.45, 2.75) is 0 Å². The molecule has 0 saturated carbocycles. The molecule has 4 aromatic rings. The molecule has 0 spiro atoms. The largest absolute Gasteiger partial charge is 0.347 e. The first-order valence-electron chi connectivity index (χ1n) is 11.1. The molecule has 2 aromatic heterocycles. The number of fused-ring (bicyclic) bond motifs is 1. The van der Waals surface area contributed by atoms with Crippen molar-refractivity contribution in [3.05, 3.63) is 102 Å². The molecule has 3 heterocycles. The zero-order chi connectivity index (χ0) is 25.8. The fourth-order valence-electron chi connectivity index (χ4n) is 3.65. The van der Waals surface area contributed by atoms with Gasteiger partial charge in [-0.15, -0.1) is 0 Å². The standard InChI is InChI=1S/C26H19F2N7O2/c27-20-6-4-16(10-21(20)28)33-24-13-29-12-23(34-24)26(37)31-7-1-2-15-3-5-18-19(9-17-11-30-14-32-17)25(36)35-22(18)8-15/h1-6,8-14H,7H2,(H,30,32)(H,31,37)(H,33,34)(H,35,36)/b2-1+,19-9?. The number of rotatable bonds is 7.